The molecule has 0 aliphatic carbocycles. The van der Waals surface area contributed by atoms with Gasteiger partial charge in [-0.15, -0.1) is 13.2 Å². The number of benzene rings is 1. The molecular formula is C9H3F6NO. The molecule has 0 heterocycles. The molecule has 0 saturated carbocycles. The van der Waals surface area contributed by atoms with Crippen molar-refractivity contribution in [3.8, 4) is 11.8 Å². The van der Waals surface area contributed by atoms with Gasteiger partial charge in [0.2, 0.25) is 0 Å². The van der Waals surface area contributed by atoms with E-state index in [1.807, 2.05) is 0 Å². The first-order chi connectivity index (χ1) is 7.63. The number of nitriles is 1. The van der Waals surface area contributed by atoms with E-state index in [9.17, 15) is 26.3 Å². The number of halogens is 6. The molecule has 0 fully saturated rings. The van der Waals surface area contributed by atoms with Gasteiger partial charge in [0.25, 0.3) is 0 Å². The molecule has 1 aromatic rings. The number of hydrogen-bond acceptors (Lipinski definition) is 2. The summed E-state index contributed by atoms with van der Waals surface area (Å²) in [5.41, 5.74) is -2.05. The number of ether oxygens (including phenoxy) is 1. The Morgan fingerprint density at radius 2 is 1.65 bits per heavy atom. The zero-order valence-corrected chi connectivity index (χ0v) is 7.86. The van der Waals surface area contributed by atoms with Crippen LogP contribution in [0.2, 0.25) is 0 Å². The van der Waals surface area contributed by atoms with Crippen LogP contribution in [0.3, 0.4) is 0 Å². The molecule has 0 N–H and O–H groups in total. The normalized spacial score (nSPS) is 12.1. The van der Waals surface area contributed by atoms with E-state index in [0.717, 1.165) is 6.07 Å². The Balaban J connectivity index is 3.27. The van der Waals surface area contributed by atoms with E-state index < -0.39 is 29.4 Å². The van der Waals surface area contributed by atoms with Crippen LogP contribution >= 0.6 is 0 Å². The summed E-state index contributed by atoms with van der Waals surface area (Å²) in [5.74, 6) is -1.39. The lowest BCUT2D eigenvalue weighted by Crippen LogP contribution is -2.20. The highest BCUT2D eigenvalue weighted by atomic mass is 19.4. The molecule has 2 nitrogen and oxygen atoms in total. The molecule has 92 valence electrons. The van der Waals surface area contributed by atoms with Crippen LogP contribution in [0.25, 0.3) is 0 Å². The minimum Gasteiger partial charge on any atom is -0.405 e. The minimum absolute atomic E-state index is 0.293. The predicted molar refractivity (Wildman–Crippen MR) is 42.8 cm³/mol. The van der Waals surface area contributed by atoms with E-state index in [-0.39, 0.29) is 0 Å². The summed E-state index contributed by atoms with van der Waals surface area (Å²) in [6.07, 6.45) is -10.3. The van der Waals surface area contributed by atoms with E-state index >= 15 is 0 Å². The van der Waals surface area contributed by atoms with Crippen molar-refractivity contribution in [2.24, 2.45) is 0 Å². The quantitative estimate of drug-likeness (QED) is 0.720. The molecule has 0 amide bonds. The van der Waals surface area contributed by atoms with E-state index in [4.69, 9.17) is 5.26 Å². The first kappa shape index (κ1) is 13.2. The van der Waals surface area contributed by atoms with Gasteiger partial charge >= 0.3 is 12.5 Å². The molecule has 0 atom stereocenters. The Morgan fingerprint density at radius 3 is 2.06 bits per heavy atom. The number of hydrogen-bond donors (Lipinski definition) is 0. The monoisotopic (exact) mass is 255 g/mol. The summed E-state index contributed by atoms with van der Waals surface area (Å²) in [7, 11) is 0. The van der Waals surface area contributed by atoms with Crippen molar-refractivity contribution in [2.45, 2.75) is 12.5 Å². The Morgan fingerprint density at radius 1 is 1.06 bits per heavy atom. The van der Waals surface area contributed by atoms with Crippen molar-refractivity contribution >= 4 is 0 Å². The molecule has 0 spiro atoms. The maximum Gasteiger partial charge on any atom is 0.573 e. The predicted octanol–water partition coefficient (Wildman–Crippen LogP) is 3.48. The van der Waals surface area contributed by atoms with Crippen LogP contribution in [-0.4, -0.2) is 6.36 Å². The zero-order valence-electron chi connectivity index (χ0n) is 7.86. The third kappa shape index (κ3) is 3.55. The molecular weight excluding hydrogens is 252 g/mol. The Bertz CT molecular complexity index is 456. The van der Waals surface area contributed by atoms with E-state index in [2.05, 4.69) is 4.74 Å². The molecule has 0 unspecified atom stereocenters. The smallest absolute Gasteiger partial charge is 0.405 e. The summed E-state index contributed by atoms with van der Waals surface area (Å²) in [4.78, 5) is 0. The molecule has 17 heavy (non-hydrogen) atoms. The van der Waals surface area contributed by atoms with Crippen molar-refractivity contribution in [3.63, 3.8) is 0 Å². The molecule has 0 radical (unpaired) electrons. The second-order valence-corrected chi connectivity index (χ2v) is 2.87. The maximum absolute atomic E-state index is 12.4. The Kier molecular flexibility index (Phi) is 3.22. The summed E-state index contributed by atoms with van der Waals surface area (Å²) < 4.78 is 75.9. The minimum atomic E-state index is -5.23. The van der Waals surface area contributed by atoms with Crippen LogP contribution in [0, 0.1) is 11.3 Å². The lowest BCUT2D eigenvalue weighted by atomic mass is 10.1. The van der Waals surface area contributed by atoms with Crippen LogP contribution in [0.15, 0.2) is 18.2 Å². The Hall–Kier alpha value is -1.91. The third-order valence-corrected chi connectivity index (χ3v) is 1.64. The van der Waals surface area contributed by atoms with Gasteiger partial charge in [0, 0.05) is 0 Å². The zero-order chi connectivity index (χ0) is 13.3. The van der Waals surface area contributed by atoms with E-state index in [1.165, 1.54) is 6.07 Å². The highest BCUT2D eigenvalue weighted by Crippen LogP contribution is 2.38. The Labute approximate surface area is 91.0 Å². The SMILES string of the molecule is N#Cc1ccc(OC(F)(F)F)c(C(F)(F)F)c1. The maximum atomic E-state index is 12.4. The lowest BCUT2D eigenvalue weighted by molar-refractivity contribution is -0.276. The highest BCUT2D eigenvalue weighted by Gasteiger charge is 2.39. The van der Waals surface area contributed by atoms with Crippen molar-refractivity contribution < 1.29 is 31.1 Å². The van der Waals surface area contributed by atoms with Crippen molar-refractivity contribution in [2.75, 3.05) is 0 Å². The summed E-state index contributed by atoms with van der Waals surface area (Å²) in [6.45, 7) is 0. The van der Waals surface area contributed by atoms with Gasteiger partial charge in [0.15, 0.2) is 0 Å². The summed E-state index contributed by atoms with van der Waals surface area (Å²) in [5, 5.41) is 8.37. The van der Waals surface area contributed by atoms with E-state index in [0.29, 0.717) is 12.1 Å². The summed E-state index contributed by atoms with van der Waals surface area (Å²) >= 11 is 0. The van der Waals surface area contributed by atoms with E-state index in [1.54, 1.807) is 0 Å². The van der Waals surface area contributed by atoms with Crippen LogP contribution in [-0.2, 0) is 6.18 Å². The first-order valence-corrected chi connectivity index (χ1v) is 4.00. The number of alkyl halides is 6. The average Bonchev–Trinajstić information content (AvgIpc) is 2.14. The van der Waals surface area contributed by atoms with Crippen LogP contribution in [0.4, 0.5) is 26.3 Å². The third-order valence-electron chi connectivity index (χ3n) is 1.64. The fourth-order valence-electron chi connectivity index (χ4n) is 1.03. The molecule has 1 aromatic carbocycles. The van der Waals surface area contributed by atoms with Crippen molar-refractivity contribution in [1.29, 1.82) is 5.26 Å². The second-order valence-electron chi connectivity index (χ2n) is 2.87. The van der Waals surface area contributed by atoms with Gasteiger partial charge in [-0.1, -0.05) is 0 Å². The molecule has 8 heteroatoms. The van der Waals surface area contributed by atoms with Gasteiger partial charge in [0.05, 0.1) is 17.2 Å². The highest BCUT2D eigenvalue weighted by molar-refractivity contribution is 5.43. The standard InChI is InChI=1S/C9H3F6NO/c10-8(11,12)6-3-5(4-16)1-2-7(6)17-9(13,14)15/h1-3H. The average molecular weight is 255 g/mol. The molecule has 0 aliphatic heterocycles. The van der Waals surface area contributed by atoms with Crippen molar-refractivity contribution in [1.82, 2.24) is 0 Å². The number of rotatable bonds is 1. The molecule has 0 bridgehead atoms. The molecule has 0 saturated heterocycles. The topological polar surface area (TPSA) is 33.0 Å². The van der Waals surface area contributed by atoms with Gasteiger partial charge in [-0.3, -0.25) is 0 Å². The largest absolute Gasteiger partial charge is 0.573 e. The molecule has 0 aliphatic rings. The van der Waals surface area contributed by atoms with Gasteiger partial charge in [-0.05, 0) is 18.2 Å². The van der Waals surface area contributed by atoms with Gasteiger partial charge in [-0.25, -0.2) is 0 Å². The molecule has 1 rings (SSSR count). The van der Waals surface area contributed by atoms with Gasteiger partial charge < -0.3 is 4.74 Å². The van der Waals surface area contributed by atoms with Crippen LogP contribution in [0.5, 0.6) is 5.75 Å². The van der Waals surface area contributed by atoms with Gasteiger partial charge in [0.1, 0.15) is 5.75 Å². The lowest BCUT2D eigenvalue weighted by Gasteiger charge is -2.15. The van der Waals surface area contributed by atoms with Gasteiger partial charge in [-0.2, -0.15) is 18.4 Å². The fourth-order valence-corrected chi connectivity index (χ4v) is 1.03. The van der Waals surface area contributed by atoms with Crippen LogP contribution < -0.4 is 4.74 Å². The number of nitrogens with zero attached hydrogens (tertiary/aromatic N) is 1. The first-order valence-electron chi connectivity index (χ1n) is 4.00. The van der Waals surface area contributed by atoms with Crippen LogP contribution in [0.1, 0.15) is 11.1 Å². The van der Waals surface area contributed by atoms with Crippen molar-refractivity contribution in [3.05, 3.63) is 29.3 Å². The fraction of sp³-hybridized carbons (Fsp3) is 0.222. The molecule has 0 aromatic heterocycles. The summed E-state index contributed by atoms with van der Waals surface area (Å²) in [6, 6.07) is 2.94. The second kappa shape index (κ2) is 4.16.